The molecular formula is C13H23N3O4. The summed E-state index contributed by atoms with van der Waals surface area (Å²) < 4.78 is 10.4. The third kappa shape index (κ3) is 3.68. The van der Waals surface area contributed by atoms with Crippen LogP contribution in [-0.2, 0) is 19.1 Å². The maximum absolute atomic E-state index is 12.5. The summed E-state index contributed by atoms with van der Waals surface area (Å²) in [6, 6.07) is -0.331. The van der Waals surface area contributed by atoms with Crippen molar-refractivity contribution in [1.82, 2.24) is 9.80 Å². The van der Waals surface area contributed by atoms with Crippen LogP contribution in [0.2, 0.25) is 0 Å². The van der Waals surface area contributed by atoms with Crippen molar-refractivity contribution in [2.75, 3.05) is 52.6 Å². The first-order valence-corrected chi connectivity index (χ1v) is 7.18. The first kappa shape index (κ1) is 15.2. The van der Waals surface area contributed by atoms with E-state index in [1.807, 2.05) is 0 Å². The average Bonchev–Trinajstić information content (AvgIpc) is 2.97. The number of hydrogen-bond donors (Lipinski definition) is 1. The third-order valence-corrected chi connectivity index (χ3v) is 3.67. The van der Waals surface area contributed by atoms with Crippen LogP contribution in [0.5, 0.6) is 0 Å². The highest BCUT2D eigenvalue weighted by Gasteiger charge is 2.36. The van der Waals surface area contributed by atoms with E-state index in [2.05, 4.69) is 0 Å². The zero-order valence-electron chi connectivity index (χ0n) is 11.8. The fraction of sp³-hybridized carbons (Fsp3) is 0.846. The maximum Gasteiger partial charge on any atom is 0.249 e. The molecule has 1 unspecified atom stereocenters. The first-order valence-electron chi connectivity index (χ1n) is 7.18. The predicted molar refractivity (Wildman–Crippen MR) is 72.0 cm³/mol. The highest BCUT2D eigenvalue weighted by atomic mass is 16.5. The van der Waals surface area contributed by atoms with Gasteiger partial charge in [0, 0.05) is 26.2 Å². The maximum atomic E-state index is 12.5. The molecule has 0 spiro atoms. The Kier molecular flexibility index (Phi) is 5.75. The Hall–Kier alpha value is -1.18. The van der Waals surface area contributed by atoms with Crippen molar-refractivity contribution >= 4 is 11.8 Å². The van der Waals surface area contributed by atoms with Crippen molar-refractivity contribution in [3.05, 3.63) is 0 Å². The van der Waals surface area contributed by atoms with Crippen LogP contribution in [0.3, 0.4) is 0 Å². The quantitative estimate of drug-likeness (QED) is 0.642. The minimum atomic E-state index is -0.331. The number of morpholine rings is 1. The molecule has 2 saturated heterocycles. The van der Waals surface area contributed by atoms with E-state index in [0.29, 0.717) is 46.0 Å². The first-order chi connectivity index (χ1) is 9.74. The summed E-state index contributed by atoms with van der Waals surface area (Å²) in [5, 5.41) is 0. The summed E-state index contributed by atoms with van der Waals surface area (Å²) in [7, 11) is 0. The van der Waals surface area contributed by atoms with Gasteiger partial charge in [0.15, 0.2) is 0 Å². The van der Waals surface area contributed by atoms with Gasteiger partial charge in [0.1, 0.15) is 12.6 Å². The molecule has 0 saturated carbocycles. The second kappa shape index (κ2) is 7.56. The molecule has 2 N–H and O–H groups in total. The summed E-state index contributed by atoms with van der Waals surface area (Å²) in [4.78, 5) is 28.0. The standard InChI is InChI=1S/C13H23N3O4/c14-3-7-20-10-12(17)16-4-1-2-11(16)13(18)15-5-8-19-9-6-15/h11H,1-10,14H2. The molecule has 0 aromatic carbocycles. The normalized spacial score (nSPS) is 23.1. The summed E-state index contributed by atoms with van der Waals surface area (Å²) in [6.07, 6.45) is 1.60. The summed E-state index contributed by atoms with van der Waals surface area (Å²) >= 11 is 0. The molecule has 2 rings (SSSR count). The Bertz CT molecular complexity index is 345. The lowest BCUT2D eigenvalue weighted by atomic mass is 10.2. The number of carbonyl (C=O) groups is 2. The van der Waals surface area contributed by atoms with Crippen LogP contribution in [0.4, 0.5) is 0 Å². The Morgan fingerprint density at radius 1 is 1.25 bits per heavy atom. The minimum absolute atomic E-state index is 0.00406. The van der Waals surface area contributed by atoms with Gasteiger partial charge in [-0.3, -0.25) is 9.59 Å². The highest BCUT2D eigenvalue weighted by molar-refractivity contribution is 5.88. The SMILES string of the molecule is NCCOCC(=O)N1CCCC1C(=O)N1CCOCC1. The van der Waals surface area contributed by atoms with E-state index in [9.17, 15) is 9.59 Å². The number of likely N-dealkylation sites (tertiary alicyclic amines) is 1. The fourth-order valence-electron chi connectivity index (χ4n) is 2.64. The molecule has 1 atom stereocenters. The molecule has 114 valence electrons. The number of amides is 2. The van der Waals surface area contributed by atoms with Gasteiger partial charge in [-0.25, -0.2) is 0 Å². The van der Waals surface area contributed by atoms with Crippen LogP contribution >= 0.6 is 0 Å². The van der Waals surface area contributed by atoms with Crippen LogP contribution in [-0.4, -0.2) is 80.3 Å². The van der Waals surface area contributed by atoms with Crippen molar-refractivity contribution in [2.24, 2.45) is 5.73 Å². The number of nitrogens with two attached hydrogens (primary N) is 1. The molecule has 20 heavy (non-hydrogen) atoms. The van der Waals surface area contributed by atoms with Crippen LogP contribution in [0.25, 0.3) is 0 Å². The highest BCUT2D eigenvalue weighted by Crippen LogP contribution is 2.20. The average molecular weight is 285 g/mol. The van der Waals surface area contributed by atoms with Crippen LogP contribution in [0.15, 0.2) is 0 Å². The molecule has 2 fully saturated rings. The molecular weight excluding hydrogens is 262 g/mol. The van der Waals surface area contributed by atoms with Gasteiger partial charge in [0.05, 0.1) is 19.8 Å². The van der Waals surface area contributed by atoms with Gasteiger partial charge in [-0.2, -0.15) is 0 Å². The number of hydrogen-bond acceptors (Lipinski definition) is 5. The van der Waals surface area contributed by atoms with Gasteiger partial charge in [-0.05, 0) is 12.8 Å². The predicted octanol–water partition coefficient (Wildman–Crippen LogP) is -1.19. The molecule has 0 bridgehead atoms. The van der Waals surface area contributed by atoms with Crippen LogP contribution < -0.4 is 5.73 Å². The molecule has 7 heteroatoms. The Morgan fingerprint density at radius 2 is 2.00 bits per heavy atom. The summed E-state index contributed by atoms with van der Waals surface area (Å²) in [5.74, 6) is -0.0828. The largest absolute Gasteiger partial charge is 0.378 e. The molecule has 7 nitrogen and oxygen atoms in total. The Morgan fingerprint density at radius 3 is 2.70 bits per heavy atom. The van der Waals surface area contributed by atoms with Gasteiger partial charge >= 0.3 is 0 Å². The Labute approximate surface area is 119 Å². The van der Waals surface area contributed by atoms with Gasteiger partial charge < -0.3 is 25.0 Å². The van der Waals surface area contributed by atoms with Crippen LogP contribution in [0, 0.1) is 0 Å². The van der Waals surface area contributed by atoms with Gasteiger partial charge in [0.25, 0.3) is 0 Å². The van der Waals surface area contributed by atoms with E-state index in [1.54, 1.807) is 9.80 Å². The third-order valence-electron chi connectivity index (χ3n) is 3.67. The minimum Gasteiger partial charge on any atom is -0.378 e. The lowest BCUT2D eigenvalue weighted by Crippen LogP contribution is -2.51. The molecule has 0 aromatic rings. The van der Waals surface area contributed by atoms with Gasteiger partial charge in [-0.15, -0.1) is 0 Å². The lowest BCUT2D eigenvalue weighted by Gasteiger charge is -2.32. The van der Waals surface area contributed by atoms with Crippen molar-refractivity contribution in [1.29, 1.82) is 0 Å². The molecule has 2 aliphatic rings. The molecule has 2 heterocycles. The van der Waals surface area contributed by atoms with E-state index in [1.165, 1.54) is 0 Å². The smallest absolute Gasteiger partial charge is 0.249 e. The van der Waals surface area contributed by atoms with Crippen molar-refractivity contribution < 1.29 is 19.1 Å². The monoisotopic (exact) mass is 285 g/mol. The van der Waals surface area contributed by atoms with Gasteiger partial charge in [0.2, 0.25) is 11.8 Å². The molecule has 2 amide bonds. The fourth-order valence-corrected chi connectivity index (χ4v) is 2.64. The van der Waals surface area contributed by atoms with Crippen molar-refractivity contribution in [2.45, 2.75) is 18.9 Å². The Balaban J connectivity index is 1.88. The second-order valence-corrected chi connectivity index (χ2v) is 5.02. The van der Waals surface area contributed by atoms with Gasteiger partial charge in [-0.1, -0.05) is 0 Å². The topological polar surface area (TPSA) is 85.1 Å². The second-order valence-electron chi connectivity index (χ2n) is 5.02. The van der Waals surface area contributed by atoms with Crippen molar-refractivity contribution in [3.8, 4) is 0 Å². The number of nitrogens with zero attached hydrogens (tertiary/aromatic N) is 2. The molecule has 0 aliphatic carbocycles. The molecule has 0 aromatic heterocycles. The van der Waals surface area contributed by atoms with E-state index >= 15 is 0 Å². The van der Waals surface area contributed by atoms with E-state index < -0.39 is 0 Å². The van der Waals surface area contributed by atoms with Crippen LogP contribution in [0.1, 0.15) is 12.8 Å². The summed E-state index contributed by atoms with van der Waals surface area (Å²) in [5.41, 5.74) is 5.32. The number of ether oxygens (including phenoxy) is 2. The summed E-state index contributed by atoms with van der Waals surface area (Å²) in [6.45, 7) is 3.76. The lowest BCUT2D eigenvalue weighted by molar-refractivity contribution is -0.148. The molecule has 0 radical (unpaired) electrons. The zero-order chi connectivity index (χ0) is 14.4. The number of rotatable bonds is 5. The van der Waals surface area contributed by atoms with E-state index in [4.69, 9.17) is 15.2 Å². The number of carbonyl (C=O) groups excluding carboxylic acids is 2. The van der Waals surface area contributed by atoms with E-state index in [0.717, 1.165) is 12.8 Å². The molecule has 2 aliphatic heterocycles. The van der Waals surface area contributed by atoms with Crippen molar-refractivity contribution in [3.63, 3.8) is 0 Å². The zero-order valence-corrected chi connectivity index (χ0v) is 11.8. The van der Waals surface area contributed by atoms with E-state index in [-0.39, 0.29) is 24.5 Å².